The maximum absolute atomic E-state index is 13.1. The highest BCUT2D eigenvalue weighted by Crippen LogP contribution is 2.25. The van der Waals surface area contributed by atoms with Gasteiger partial charge >= 0.3 is 0 Å². The van der Waals surface area contributed by atoms with Gasteiger partial charge in [0, 0.05) is 56.4 Å². The maximum Gasteiger partial charge on any atom is 0.251 e. The van der Waals surface area contributed by atoms with E-state index < -0.39 is 10.0 Å². The highest BCUT2D eigenvalue weighted by Gasteiger charge is 2.28. The molecule has 3 aromatic rings. The number of hydrogen-bond donors (Lipinski definition) is 2. The van der Waals surface area contributed by atoms with Gasteiger partial charge in [0.1, 0.15) is 0 Å². The minimum atomic E-state index is -3.64. The number of sulfonamides is 1. The summed E-state index contributed by atoms with van der Waals surface area (Å²) in [6.45, 7) is 2.83. The lowest BCUT2D eigenvalue weighted by atomic mass is 10.1. The number of aromatic nitrogens is 2. The van der Waals surface area contributed by atoms with Gasteiger partial charge in [0.2, 0.25) is 10.0 Å². The van der Waals surface area contributed by atoms with Crippen LogP contribution in [0, 0.1) is 0 Å². The molecule has 1 saturated heterocycles. The Labute approximate surface area is 192 Å². The van der Waals surface area contributed by atoms with Gasteiger partial charge in [-0.25, -0.2) is 13.4 Å². The molecule has 1 aromatic carbocycles. The summed E-state index contributed by atoms with van der Waals surface area (Å²) >= 11 is 1.60. The molecule has 0 radical (unpaired) electrons. The number of nitrogens with one attached hydrogen (secondary N) is 2. The van der Waals surface area contributed by atoms with Crippen LogP contribution in [0.3, 0.4) is 0 Å². The second-order valence-corrected chi connectivity index (χ2v) is 10.5. The van der Waals surface area contributed by atoms with Crippen LogP contribution < -0.4 is 10.6 Å². The third kappa shape index (κ3) is 5.56. The normalized spacial score (nSPS) is 14.5. The van der Waals surface area contributed by atoms with Crippen LogP contribution >= 0.6 is 11.3 Å². The minimum Gasteiger partial charge on any atom is -0.381 e. The number of carbonyl (C=O) groups is 1. The number of rotatable bonds is 10. The Morgan fingerprint density at radius 2 is 2.03 bits per heavy atom. The van der Waals surface area contributed by atoms with Crippen LogP contribution in [-0.2, 0) is 23.1 Å². The number of imidazole rings is 1. The van der Waals surface area contributed by atoms with Gasteiger partial charge in [0.15, 0.2) is 0 Å². The third-order valence-corrected chi connectivity index (χ3v) is 7.99. The quantitative estimate of drug-likeness (QED) is 0.441. The largest absolute Gasteiger partial charge is 0.381 e. The smallest absolute Gasteiger partial charge is 0.251 e. The first-order valence-electron chi connectivity index (χ1n) is 10.7. The average molecular weight is 474 g/mol. The first-order chi connectivity index (χ1) is 15.5. The number of anilines is 1. The van der Waals surface area contributed by atoms with Gasteiger partial charge in [0.25, 0.3) is 5.91 Å². The summed E-state index contributed by atoms with van der Waals surface area (Å²) in [6.07, 6.45) is 7.80. The van der Waals surface area contributed by atoms with E-state index in [9.17, 15) is 13.2 Å². The Kier molecular flexibility index (Phi) is 7.23. The Balaban J connectivity index is 1.49. The molecule has 0 spiro atoms. The summed E-state index contributed by atoms with van der Waals surface area (Å²) < 4.78 is 29.7. The summed E-state index contributed by atoms with van der Waals surface area (Å²) in [7, 11) is -3.64. The van der Waals surface area contributed by atoms with E-state index in [0.29, 0.717) is 37.4 Å². The van der Waals surface area contributed by atoms with Gasteiger partial charge in [-0.3, -0.25) is 4.79 Å². The molecule has 2 aromatic heterocycles. The minimum absolute atomic E-state index is 0.151. The second kappa shape index (κ2) is 10.3. The fraction of sp³-hybridized carbons (Fsp3) is 0.364. The first kappa shape index (κ1) is 22.5. The van der Waals surface area contributed by atoms with E-state index in [1.165, 1.54) is 10.4 Å². The monoisotopic (exact) mass is 473 g/mol. The maximum atomic E-state index is 13.1. The molecule has 1 aliphatic heterocycles. The SMILES string of the molecule is O=C(NCCCn1ccnc1)c1cc(NCc2ccsc2)cc(S(=O)(=O)N2CCCC2)c1. The van der Waals surface area contributed by atoms with Crippen LogP contribution in [-0.4, -0.2) is 47.8 Å². The van der Waals surface area contributed by atoms with Gasteiger partial charge in [-0.2, -0.15) is 15.6 Å². The predicted octanol–water partition coefficient (Wildman–Crippen LogP) is 3.16. The first-order valence-corrected chi connectivity index (χ1v) is 13.0. The number of nitrogens with zero attached hydrogens (tertiary/aromatic N) is 3. The lowest BCUT2D eigenvalue weighted by Gasteiger charge is -2.18. The predicted molar refractivity (Wildman–Crippen MR) is 125 cm³/mol. The number of thiophene rings is 1. The van der Waals surface area contributed by atoms with Crippen LogP contribution in [0.1, 0.15) is 35.2 Å². The molecule has 4 rings (SSSR count). The van der Waals surface area contributed by atoms with Crippen LogP contribution in [0.5, 0.6) is 0 Å². The van der Waals surface area contributed by atoms with Crippen LogP contribution in [0.2, 0.25) is 0 Å². The van der Waals surface area contributed by atoms with Crippen LogP contribution in [0.4, 0.5) is 5.69 Å². The van der Waals surface area contributed by atoms with Crippen molar-refractivity contribution < 1.29 is 13.2 Å². The zero-order chi connectivity index (χ0) is 22.4. The average Bonchev–Trinajstić information content (AvgIpc) is 3.58. The van der Waals surface area contributed by atoms with Crippen molar-refractivity contribution >= 4 is 33.0 Å². The highest BCUT2D eigenvalue weighted by molar-refractivity contribution is 7.89. The topological polar surface area (TPSA) is 96.3 Å². The molecule has 3 heterocycles. The number of hydrogen-bond acceptors (Lipinski definition) is 6. The van der Waals surface area contributed by atoms with Gasteiger partial charge in [0.05, 0.1) is 11.2 Å². The van der Waals surface area contributed by atoms with E-state index in [-0.39, 0.29) is 10.8 Å². The van der Waals surface area contributed by atoms with Crippen molar-refractivity contribution in [2.75, 3.05) is 25.0 Å². The van der Waals surface area contributed by atoms with Crippen molar-refractivity contribution in [3.05, 3.63) is 64.9 Å². The molecule has 0 aliphatic carbocycles. The van der Waals surface area contributed by atoms with Crippen molar-refractivity contribution in [1.29, 1.82) is 0 Å². The molecule has 0 bridgehead atoms. The van der Waals surface area contributed by atoms with Crippen molar-refractivity contribution in [1.82, 2.24) is 19.2 Å². The molecule has 1 aliphatic rings. The number of amides is 1. The fourth-order valence-corrected chi connectivity index (χ4v) is 5.90. The van der Waals surface area contributed by atoms with Gasteiger partial charge < -0.3 is 15.2 Å². The number of aryl methyl sites for hydroxylation is 1. The number of carbonyl (C=O) groups excluding carboxylic acids is 1. The molecular formula is C22H27N5O3S2. The van der Waals surface area contributed by atoms with Crippen LogP contribution in [0.15, 0.2) is 58.6 Å². The summed E-state index contributed by atoms with van der Waals surface area (Å²) in [6, 6.07) is 6.82. The molecule has 2 N–H and O–H groups in total. The summed E-state index contributed by atoms with van der Waals surface area (Å²) in [5, 5.41) is 10.2. The number of benzene rings is 1. The van der Waals surface area contributed by atoms with Crippen LogP contribution in [0.25, 0.3) is 0 Å². The summed E-state index contributed by atoms with van der Waals surface area (Å²) in [4.78, 5) is 17.0. The van der Waals surface area contributed by atoms with Gasteiger partial charge in [-0.1, -0.05) is 0 Å². The molecule has 1 amide bonds. The van der Waals surface area contributed by atoms with E-state index in [0.717, 1.165) is 31.4 Å². The Hall–Kier alpha value is -2.69. The molecule has 170 valence electrons. The van der Waals surface area contributed by atoms with E-state index in [4.69, 9.17) is 0 Å². The zero-order valence-electron chi connectivity index (χ0n) is 17.7. The molecule has 10 heteroatoms. The lowest BCUT2D eigenvalue weighted by molar-refractivity contribution is 0.0952. The van der Waals surface area contributed by atoms with E-state index in [1.54, 1.807) is 36.0 Å². The van der Waals surface area contributed by atoms with E-state index >= 15 is 0 Å². The Morgan fingerprint density at radius 3 is 2.75 bits per heavy atom. The Bertz CT molecular complexity index is 1120. The molecule has 32 heavy (non-hydrogen) atoms. The van der Waals surface area contributed by atoms with Crippen molar-refractivity contribution in [3.8, 4) is 0 Å². The second-order valence-electron chi connectivity index (χ2n) is 7.75. The van der Waals surface area contributed by atoms with Gasteiger partial charge in [-0.15, -0.1) is 0 Å². The summed E-state index contributed by atoms with van der Waals surface area (Å²) in [5.41, 5.74) is 2.05. The standard InChI is InChI=1S/C22H27N5O3S2/c28-22(24-5-3-7-26-10-6-23-17-26)19-12-20(25-15-18-4-11-31-16-18)14-21(13-19)32(29,30)27-8-1-2-9-27/h4,6,10-14,16-17,25H,1-3,5,7-9,15H2,(H,24,28). The van der Waals surface area contributed by atoms with Crippen molar-refractivity contribution in [2.24, 2.45) is 0 Å². The van der Waals surface area contributed by atoms with E-state index in [1.807, 2.05) is 27.6 Å². The molecule has 0 unspecified atom stereocenters. The van der Waals surface area contributed by atoms with Crippen molar-refractivity contribution in [2.45, 2.75) is 37.2 Å². The van der Waals surface area contributed by atoms with E-state index in [2.05, 4.69) is 15.6 Å². The summed E-state index contributed by atoms with van der Waals surface area (Å²) in [5.74, 6) is -0.285. The molecule has 8 nitrogen and oxygen atoms in total. The molecule has 0 saturated carbocycles. The lowest BCUT2D eigenvalue weighted by Crippen LogP contribution is -2.29. The fourth-order valence-electron chi connectivity index (χ4n) is 3.64. The van der Waals surface area contributed by atoms with Crippen molar-refractivity contribution in [3.63, 3.8) is 0 Å². The molecular weight excluding hydrogens is 446 g/mol. The van der Waals surface area contributed by atoms with Gasteiger partial charge in [-0.05, 0) is 59.9 Å². The molecule has 0 atom stereocenters. The zero-order valence-corrected chi connectivity index (χ0v) is 19.4. The highest BCUT2D eigenvalue weighted by atomic mass is 32.2. The Morgan fingerprint density at radius 1 is 1.19 bits per heavy atom. The third-order valence-electron chi connectivity index (χ3n) is 5.39. The molecule has 1 fully saturated rings.